The summed E-state index contributed by atoms with van der Waals surface area (Å²) in [6, 6.07) is 0. The summed E-state index contributed by atoms with van der Waals surface area (Å²) in [4.78, 5) is 24.5. The van der Waals surface area contributed by atoms with Crippen LogP contribution in [0, 0.1) is 62.1 Å². The van der Waals surface area contributed by atoms with Gasteiger partial charge in [-0.05, 0) is 128 Å². The first kappa shape index (κ1) is 35.9. The molecule has 0 aliphatic heterocycles. The first-order chi connectivity index (χ1) is 21.4. The highest BCUT2D eigenvalue weighted by Crippen LogP contribution is 2.77. The summed E-state index contributed by atoms with van der Waals surface area (Å²) in [5.74, 6) is 2.12. The lowest BCUT2D eigenvalue weighted by molar-refractivity contribution is -0.250. The minimum Gasteiger partial charge on any atom is -0.481 e. The zero-order chi connectivity index (χ0) is 33.9. The van der Waals surface area contributed by atoms with E-state index >= 15 is 0 Å². The van der Waals surface area contributed by atoms with Gasteiger partial charge in [0.05, 0.1) is 19.4 Å². The molecule has 0 heterocycles. The summed E-state index contributed by atoms with van der Waals surface area (Å²) >= 11 is 0. The SMILES string of the molecule is C=C(C)[C@@H]1CC[C@]2(CNCCOC)CC[C@]3(C)[C@H](CC[C@@H]4[C@@]5(C)CC[C@H](OC(=O)CC(C)(C)CC(=O)O)C(C)(C)[C@@H]5CC[C@]43C)[C@@H]12. The van der Waals surface area contributed by atoms with Crippen LogP contribution in [0.25, 0.3) is 0 Å². The zero-order valence-electron chi connectivity index (χ0n) is 30.9. The van der Waals surface area contributed by atoms with Crippen molar-refractivity contribution in [1.29, 1.82) is 0 Å². The summed E-state index contributed by atoms with van der Waals surface area (Å²) < 4.78 is 11.6. The van der Waals surface area contributed by atoms with E-state index in [1.54, 1.807) is 7.11 Å². The van der Waals surface area contributed by atoms with E-state index in [-0.39, 0.29) is 35.7 Å². The van der Waals surface area contributed by atoms with Crippen molar-refractivity contribution < 1.29 is 24.2 Å². The van der Waals surface area contributed by atoms with Gasteiger partial charge in [-0.3, -0.25) is 9.59 Å². The monoisotopic (exact) mass is 642 g/mol. The van der Waals surface area contributed by atoms with Crippen molar-refractivity contribution >= 4 is 11.9 Å². The fourth-order valence-corrected chi connectivity index (χ4v) is 13.4. The third-order valence-electron chi connectivity index (χ3n) is 15.7. The van der Waals surface area contributed by atoms with Crippen molar-refractivity contribution in [1.82, 2.24) is 5.32 Å². The van der Waals surface area contributed by atoms with Crippen LogP contribution in [0.15, 0.2) is 12.2 Å². The van der Waals surface area contributed by atoms with E-state index in [1.807, 2.05) is 13.8 Å². The Morgan fingerprint density at radius 1 is 0.891 bits per heavy atom. The molecule has 0 radical (unpaired) electrons. The second kappa shape index (κ2) is 12.5. The van der Waals surface area contributed by atoms with Crippen molar-refractivity contribution in [3.8, 4) is 0 Å². The Morgan fingerprint density at radius 3 is 2.26 bits per heavy atom. The molecule has 5 fully saturated rings. The second-order valence-corrected chi connectivity index (χ2v) is 19.0. The number of rotatable bonds is 11. The number of carbonyl (C=O) groups is 2. The van der Waals surface area contributed by atoms with Crippen molar-refractivity contribution in [2.45, 2.75) is 139 Å². The van der Waals surface area contributed by atoms with Crippen molar-refractivity contribution in [2.75, 3.05) is 26.8 Å². The predicted molar refractivity (Wildman–Crippen MR) is 184 cm³/mol. The third-order valence-corrected chi connectivity index (χ3v) is 15.7. The predicted octanol–water partition coefficient (Wildman–Crippen LogP) is 8.68. The molecule has 0 spiro atoms. The lowest BCUT2D eigenvalue weighted by Gasteiger charge is -2.73. The minimum atomic E-state index is -0.870. The molecule has 0 aromatic rings. The average Bonchev–Trinajstić information content (AvgIpc) is 3.32. The standard InChI is InChI=1S/C40H67NO5/c1-26(2)27-13-18-40(25-41-21-22-45-10)20-19-38(8)28(34(27)40)11-12-30-37(7)16-15-31(36(5,6)29(37)14-17-39(30,38)9)46-33(44)24-35(3,4)23-32(42)43/h27-31,34,41H,1,11-25H2,2-10H3,(H,42,43)/t27-,28+,29-,30+,31-,34+,37-,38+,39+,40+/m0/s1. The first-order valence-electron chi connectivity index (χ1n) is 18.6. The number of fused-ring (bicyclic) bond motifs is 7. The molecule has 0 aromatic carbocycles. The van der Waals surface area contributed by atoms with Gasteiger partial charge in [-0.1, -0.05) is 60.6 Å². The Hall–Kier alpha value is -1.40. The Bertz CT molecular complexity index is 1180. The molecule has 5 rings (SSSR count). The number of methoxy groups -OCH3 is 1. The number of carbonyl (C=O) groups excluding carboxylic acids is 1. The summed E-state index contributed by atoms with van der Waals surface area (Å²) in [6.45, 7) is 26.1. The van der Waals surface area contributed by atoms with E-state index in [0.29, 0.717) is 39.9 Å². The van der Waals surface area contributed by atoms with Gasteiger partial charge in [0.15, 0.2) is 0 Å². The summed E-state index contributed by atoms with van der Waals surface area (Å²) in [5.41, 5.74) is 1.86. The zero-order valence-corrected chi connectivity index (χ0v) is 30.9. The molecule has 46 heavy (non-hydrogen) atoms. The van der Waals surface area contributed by atoms with Gasteiger partial charge < -0.3 is 19.9 Å². The largest absolute Gasteiger partial charge is 0.481 e. The van der Waals surface area contributed by atoms with Crippen LogP contribution in [0.5, 0.6) is 0 Å². The minimum absolute atomic E-state index is 0.0314. The van der Waals surface area contributed by atoms with Gasteiger partial charge in [-0.15, -0.1) is 0 Å². The number of esters is 1. The number of hydrogen-bond acceptors (Lipinski definition) is 5. The number of hydrogen-bond donors (Lipinski definition) is 2. The van der Waals surface area contributed by atoms with Crippen LogP contribution in [0.4, 0.5) is 0 Å². The molecule has 5 saturated carbocycles. The summed E-state index contributed by atoms with van der Waals surface area (Å²) in [7, 11) is 1.79. The topological polar surface area (TPSA) is 84.9 Å². The molecule has 6 heteroatoms. The highest BCUT2D eigenvalue weighted by atomic mass is 16.5. The molecule has 0 saturated heterocycles. The smallest absolute Gasteiger partial charge is 0.306 e. The Balaban J connectivity index is 1.37. The average molecular weight is 642 g/mol. The van der Waals surface area contributed by atoms with Crippen LogP contribution < -0.4 is 5.32 Å². The molecule has 6 nitrogen and oxygen atoms in total. The fraction of sp³-hybridized carbons (Fsp3) is 0.900. The first-order valence-corrected chi connectivity index (χ1v) is 18.6. The van der Waals surface area contributed by atoms with E-state index in [1.165, 1.54) is 56.9 Å². The molecule has 5 aliphatic carbocycles. The molecule has 262 valence electrons. The van der Waals surface area contributed by atoms with Crippen molar-refractivity contribution in [3.05, 3.63) is 12.2 Å². The van der Waals surface area contributed by atoms with Crippen LogP contribution in [0.3, 0.4) is 0 Å². The van der Waals surface area contributed by atoms with E-state index < -0.39 is 11.4 Å². The van der Waals surface area contributed by atoms with Gasteiger partial charge in [0.1, 0.15) is 6.10 Å². The van der Waals surface area contributed by atoms with Crippen molar-refractivity contribution in [2.24, 2.45) is 62.1 Å². The van der Waals surface area contributed by atoms with Crippen LogP contribution in [0.1, 0.15) is 132 Å². The summed E-state index contributed by atoms with van der Waals surface area (Å²) in [6.07, 6.45) is 12.3. The Labute approximate surface area is 280 Å². The van der Waals surface area contributed by atoms with Gasteiger partial charge in [0, 0.05) is 25.6 Å². The number of nitrogens with one attached hydrogen (secondary N) is 1. The fourth-order valence-electron chi connectivity index (χ4n) is 13.4. The third kappa shape index (κ3) is 5.81. The number of allylic oxidation sites excluding steroid dienone is 1. The van der Waals surface area contributed by atoms with Crippen LogP contribution in [0.2, 0.25) is 0 Å². The van der Waals surface area contributed by atoms with Gasteiger partial charge in [-0.25, -0.2) is 0 Å². The van der Waals surface area contributed by atoms with E-state index in [2.05, 4.69) is 53.4 Å². The van der Waals surface area contributed by atoms with Crippen LogP contribution >= 0.6 is 0 Å². The second-order valence-electron chi connectivity index (χ2n) is 19.0. The molecule has 0 bridgehead atoms. The molecular weight excluding hydrogens is 574 g/mol. The molecule has 0 amide bonds. The van der Waals surface area contributed by atoms with Crippen LogP contribution in [-0.4, -0.2) is 50.0 Å². The number of carboxylic acids is 1. The summed E-state index contributed by atoms with van der Waals surface area (Å²) in [5, 5.41) is 13.1. The Kier molecular flexibility index (Phi) is 9.74. The van der Waals surface area contributed by atoms with Crippen LogP contribution in [-0.2, 0) is 19.1 Å². The quantitative estimate of drug-likeness (QED) is 0.133. The number of ether oxygens (including phenoxy) is 2. The highest BCUT2D eigenvalue weighted by Gasteiger charge is 2.71. The maximum absolute atomic E-state index is 13.2. The molecule has 10 atom stereocenters. The van der Waals surface area contributed by atoms with Gasteiger partial charge in [-0.2, -0.15) is 0 Å². The lowest BCUT2D eigenvalue weighted by Crippen LogP contribution is -2.67. The molecule has 5 aliphatic rings. The van der Waals surface area contributed by atoms with Gasteiger partial charge in [0.25, 0.3) is 0 Å². The molecule has 0 aromatic heterocycles. The number of carboxylic acid groups (broad SMARTS) is 1. The van der Waals surface area contributed by atoms with Gasteiger partial charge >= 0.3 is 11.9 Å². The highest BCUT2D eigenvalue weighted by molar-refractivity contribution is 5.73. The van der Waals surface area contributed by atoms with E-state index in [0.717, 1.165) is 38.5 Å². The maximum Gasteiger partial charge on any atom is 0.306 e. The molecular formula is C40H67NO5. The Morgan fingerprint density at radius 2 is 1.61 bits per heavy atom. The number of aliphatic carboxylic acids is 1. The molecule has 0 unspecified atom stereocenters. The maximum atomic E-state index is 13.2. The van der Waals surface area contributed by atoms with Crippen molar-refractivity contribution in [3.63, 3.8) is 0 Å². The van der Waals surface area contributed by atoms with E-state index in [9.17, 15) is 14.7 Å². The molecule has 2 N–H and O–H groups in total. The normalized spacial score (nSPS) is 43.1. The van der Waals surface area contributed by atoms with E-state index in [4.69, 9.17) is 9.47 Å². The lowest BCUT2D eigenvalue weighted by atomic mass is 9.32. The van der Waals surface area contributed by atoms with Gasteiger partial charge in [0.2, 0.25) is 0 Å².